The predicted octanol–water partition coefficient (Wildman–Crippen LogP) is 5.74. The Balaban J connectivity index is 1.41. The number of rotatable bonds is 6. The zero-order valence-corrected chi connectivity index (χ0v) is 18.4. The lowest BCUT2D eigenvalue weighted by Crippen LogP contribution is -2.14. The van der Waals surface area contributed by atoms with Gasteiger partial charge in [0, 0.05) is 23.1 Å². The molecule has 154 valence electrons. The van der Waals surface area contributed by atoms with Gasteiger partial charge in [-0.05, 0) is 47.9 Å². The Labute approximate surface area is 183 Å². The molecule has 4 aromatic rings. The highest BCUT2D eigenvalue weighted by Crippen LogP contribution is 2.30. The molecule has 0 aliphatic rings. The number of furan rings is 1. The molecule has 1 N–H and O–H groups in total. The normalized spacial score (nSPS) is 11.4. The molecular formula is C22H21ClN4O2S. The van der Waals surface area contributed by atoms with Crippen LogP contribution in [0.5, 0.6) is 0 Å². The van der Waals surface area contributed by atoms with Crippen molar-refractivity contribution < 1.29 is 9.21 Å². The van der Waals surface area contributed by atoms with Crippen molar-refractivity contribution in [1.29, 1.82) is 0 Å². The lowest BCUT2D eigenvalue weighted by Gasteiger charge is -2.08. The largest absolute Gasteiger partial charge is 0.453 e. The zero-order chi connectivity index (χ0) is 21.3. The second-order valence-corrected chi connectivity index (χ2v) is 8.65. The van der Waals surface area contributed by atoms with Gasteiger partial charge in [-0.15, -0.1) is 10.2 Å². The standard InChI is InChI=1S/C22H21ClN4O2S/c1-13(2)14-4-7-17(8-5-14)24-20(28)12-30-22-26-25-21(27(22)3)19-11-15-10-16(23)6-9-18(15)29-19/h4-11,13H,12H2,1-3H3,(H,24,28). The van der Waals surface area contributed by atoms with Crippen molar-refractivity contribution in [3.8, 4) is 11.6 Å². The van der Waals surface area contributed by atoms with Crippen LogP contribution in [0, 0.1) is 0 Å². The summed E-state index contributed by atoms with van der Waals surface area (Å²) in [4.78, 5) is 12.3. The first-order chi connectivity index (χ1) is 14.4. The number of aromatic nitrogens is 3. The molecule has 0 aliphatic carbocycles. The monoisotopic (exact) mass is 440 g/mol. The molecule has 0 unspecified atom stereocenters. The van der Waals surface area contributed by atoms with E-state index in [1.165, 1.54) is 17.3 Å². The van der Waals surface area contributed by atoms with Gasteiger partial charge in [0.25, 0.3) is 0 Å². The number of nitrogens with one attached hydrogen (secondary N) is 1. The molecule has 0 spiro atoms. The number of carbonyl (C=O) groups is 1. The number of amides is 1. The van der Waals surface area contributed by atoms with Gasteiger partial charge in [0.2, 0.25) is 5.91 Å². The van der Waals surface area contributed by atoms with Gasteiger partial charge in [0.15, 0.2) is 16.7 Å². The van der Waals surface area contributed by atoms with E-state index >= 15 is 0 Å². The summed E-state index contributed by atoms with van der Waals surface area (Å²) in [5.41, 5.74) is 2.75. The number of halogens is 1. The molecule has 1 amide bonds. The highest BCUT2D eigenvalue weighted by Gasteiger charge is 2.16. The fourth-order valence-electron chi connectivity index (χ4n) is 3.06. The first kappa shape index (κ1) is 20.5. The Morgan fingerprint density at radius 3 is 2.67 bits per heavy atom. The van der Waals surface area contributed by atoms with Crippen LogP contribution in [0.15, 0.2) is 58.1 Å². The third-order valence-electron chi connectivity index (χ3n) is 4.73. The maximum Gasteiger partial charge on any atom is 0.234 e. The van der Waals surface area contributed by atoms with E-state index in [2.05, 4.69) is 29.4 Å². The molecule has 0 saturated heterocycles. The average Bonchev–Trinajstić information content (AvgIpc) is 3.29. The molecule has 0 aliphatic heterocycles. The van der Waals surface area contributed by atoms with Gasteiger partial charge in [-0.2, -0.15) is 0 Å². The van der Waals surface area contributed by atoms with E-state index < -0.39 is 0 Å². The topological polar surface area (TPSA) is 73.0 Å². The number of benzene rings is 2. The van der Waals surface area contributed by atoms with Crippen molar-refractivity contribution in [2.75, 3.05) is 11.1 Å². The molecule has 6 nitrogen and oxygen atoms in total. The van der Waals surface area contributed by atoms with Gasteiger partial charge in [-0.25, -0.2) is 0 Å². The summed E-state index contributed by atoms with van der Waals surface area (Å²) < 4.78 is 7.68. The minimum absolute atomic E-state index is 0.0970. The summed E-state index contributed by atoms with van der Waals surface area (Å²) in [6.07, 6.45) is 0. The quantitative estimate of drug-likeness (QED) is 0.387. The summed E-state index contributed by atoms with van der Waals surface area (Å²) in [5.74, 6) is 1.78. The van der Waals surface area contributed by atoms with Crippen LogP contribution in [0.4, 0.5) is 5.69 Å². The van der Waals surface area contributed by atoms with Gasteiger partial charge in [-0.1, -0.05) is 49.3 Å². The van der Waals surface area contributed by atoms with E-state index in [1.807, 2.05) is 54.1 Å². The molecule has 8 heteroatoms. The Hall–Kier alpha value is -2.77. The van der Waals surface area contributed by atoms with E-state index in [9.17, 15) is 4.79 Å². The molecule has 0 fully saturated rings. The van der Waals surface area contributed by atoms with Crippen molar-refractivity contribution in [2.45, 2.75) is 24.9 Å². The van der Waals surface area contributed by atoms with E-state index in [4.69, 9.17) is 16.0 Å². The Bertz CT molecular complexity index is 1200. The molecular weight excluding hydrogens is 420 g/mol. The Morgan fingerprint density at radius 1 is 1.17 bits per heavy atom. The average molecular weight is 441 g/mol. The first-order valence-electron chi connectivity index (χ1n) is 9.52. The number of fused-ring (bicyclic) bond motifs is 1. The van der Waals surface area contributed by atoms with Crippen LogP contribution in [0.1, 0.15) is 25.3 Å². The van der Waals surface area contributed by atoms with Gasteiger partial charge in [-0.3, -0.25) is 4.79 Å². The number of carbonyl (C=O) groups excluding carboxylic acids is 1. The molecule has 2 heterocycles. The minimum atomic E-state index is -0.0970. The third-order valence-corrected chi connectivity index (χ3v) is 5.98. The maximum absolute atomic E-state index is 12.3. The van der Waals surface area contributed by atoms with Crippen molar-refractivity contribution >= 4 is 45.9 Å². The first-order valence-corrected chi connectivity index (χ1v) is 10.9. The highest BCUT2D eigenvalue weighted by molar-refractivity contribution is 7.99. The minimum Gasteiger partial charge on any atom is -0.453 e. The van der Waals surface area contributed by atoms with E-state index in [1.54, 1.807) is 6.07 Å². The molecule has 2 aromatic heterocycles. The van der Waals surface area contributed by atoms with Crippen molar-refractivity contribution in [3.05, 3.63) is 59.1 Å². The molecule has 4 rings (SSSR count). The molecule has 0 atom stereocenters. The number of anilines is 1. The lowest BCUT2D eigenvalue weighted by molar-refractivity contribution is -0.113. The SMILES string of the molecule is CC(C)c1ccc(NC(=O)CSc2nnc(-c3cc4cc(Cl)ccc4o3)n2C)cc1. The van der Waals surface area contributed by atoms with Crippen LogP contribution in [-0.2, 0) is 11.8 Å². The van der Waals surface area contributed by atoms with Crippen LogP contribution in [-0.4, -0.2) is 26.4 Å². The molecule has 0 bridgehead atoms. The van der Waals surface area contributed by atoms with E-state index in [0.29, 0.717) is 27.7 Å². The molecule has 30 heavy (non-hydrogen) atoms. The Morgan fingerprint density at radius 2 is 1.93 bits per heavy atom. The Kier molecular flexibility index (Phi) is 5.83. The molecule has 0 radical (unpaired) electrons. The van der Waals surface area contributed by atoms with Crippen LogP contribution in [0.2, 0.25) is 5.02 Å². The number of thioether (sulfide) groups is 1. The summed E-state index contributed by atoms with van der Waals surface area (Å²) in [7, 11) is 1.85. The maximum atomic E-state index is 12.3. The molecule has 2 aromatic carbocycles. The number of hydrogen-bond donors (Lipinski definition) is 1. The number of hydrogen-bond acceptors (Lipinski definition) is 5. The second kappa shape index (κ2) is 8.53. The third kappa shape index (κ3) is 4.37. The lowest BCUT2D eigenvalue weighted by atomic mass is 10.0. The van der Waals surface area contributed by atoms with Crippen LogP contribution in [0.3, 0.4) is 0 Å². The second-order valence-electron chi connectivity index (χ2n) is 7.27. The summed E-state index contributed by atoms with van der Waals surface area (Å²) >= 11 is 7.37. The molecule has 0 saturated carbocycles. The van der Waals surface area contributed by atoms with Crippen molar-refractivity contribution in [2.24, 2.45) is 7.05 Å². The highest BCUT2D eigenvalue weighted by atomic mass is 35.5. The summed E-state index contributed by atoms with van der Waals surface area (Å²) in [6.45, 7) is 4.28. The van der Waals surface area contributed by atoms with Gasteiger partial charge < -0.3 is 14.3 Å². The smallest absolute Gasteiger partial charge is 0.234 e. The van der Waals surface area contributed by atoms with Crippen molar-refractivity contribution in [3.63, 3.8) is 0 Å². The van der Waals surface area contributed by atoms with E-state index in [0.717, 1.165) is 16.7 Å². The van der Waals surface area contributed by atoms with Crippen LogP contribution in [0.25, 0.3) is 22.6 Å². The zero-order valence-electron chi connectivity index (χ0n) is 16.8. The predicted molar refractivity (Wildman–Crippen MR) is 121 cm³/mol. The van der Waals surface area contributed by atoms with Gasteiger partial charge in [0.1, 0.15) is 5.58 Å². The fraction of sp³-hybridized carbons (Fsp3) is 0.227. The van der Waals surface area contributed by atoms with Crippen LogP contribution >= 0.6 is 23.4 Å². The summed E-state index contributed by atoms with van der Waals surface area (Å²) in [6, 6.07) is 15.2. The summed E-state index contributed by atoms with van der Waals surface area (Å²) in [5, 5.41) is 13.5. The van der Waals surface area contributed by atoms with Crippen LogP contribution < -0.4 is 5.32 Å². The fourth-order valence-corrected chi connectivity index (χ4v) is 3.95. The number of nitrogens with zero attached hydrogens (tertiary/aromatic N) is 3. The van der Waals surface area contributed by atoms with E-state index in [-0.39, 0.29) is 11.7 Å². The van der Waals surface area contributed by atoms with Crippen molar-refractivity contribution in [1.82, 2.24) is 14.8 Å². The van der Waals surface area contributed by atoms with Gasteiger partial charge in [0.05, 0.1) is 5.75 Å². The van der Waals surface area contributed by atoms with Gasteiger partial charge >= 0.3 is 0 Å².